The molecule has 1 heterocycles. The fourth-order valence-electron chi connectivity index (χ4n) is 2.97. The minimum absolute atomic E-state index is 0.252. The van der Waals surface area contributed by atoms with E-state index >= 15 is 0 Å². The van der Waals surface area contributed by atoms with E-state index in [2.05, 4.69) is 30.7 Å². The van der Waals surface area contributed by atoms with Crippen molar-refractivity contribution in [3.05, 3.63) is 0 Å². The highest BCUT2D eigenvalue weighted by molar-refractivity contribution is 7.88. The highest BCUT2D eigenvalue weighted by Gasteiger charge is 2.36. The number of nitrogens with zero attached hydrogens (tertiary/aromatic N) is 3. The Labute approximate surface area is 125 Å². The molecule has 0 aromatic heterocycles. The van der Waals surface area contributed by atoms with Gasteiger partial charge in [0.05, 0.1) is 6.26 Å². The highest BCUT2D eigenvalue weighted by atomic mass is 32.2. The summed E-state index contributed by atoms with van der Waals surface area (Å²) in [5, 5.41) is 0. The van der Waals surface area contributed by atoms with Gasteiger partial charge in [0.2, 0.25) is 10.0 Å². The van der Waals surface area contributed by atoms with E-state index in [9.17, 15) is 8.42 Å². The molecule has 20 heavy (non-hydrogen) atoms. The van der Waals surface area contributed by atoms with E-state index in [1.165, 1.54) is 6.26 Å². The predicted octanol–water partition coefficient (Wildman–Crippen LogP) is 1.07. The number of likely N-dealkylation sites (N-methyl/N-ethyl adjacent to an activating group) is 1. The van der Waals surface area contributed by atoms with Crippen molar-refractivity contribution in [2.45, 2.75) is 52.2 Å². The highest BCUT2D eigenvalue weighted by Crippen LogP contribution is 2.21. The van der Waals surface area contributed by atoms with Gasteiger partial charge >= 0.3 is 0 Å². The van der Waals surface area contributed by atoms with Gasteiger partial charge in [-0.05, 0) is 41.7 Å². The molecule has 0 aromatic carbocycles. The van der Waals surface area contributed by atoms with Gasteiger partial charge in [-0.1, -0.05) is 0 Å². The van der Waals surface area contributed by atoms with Crippen LogP contribution >= 0.6 is 0 Å². The third-order valence-electron chi connectivity index (χ3n) is 3.92. The van der Waals surface area contributed by atoms with Crippen LogP contribution in [0.1, 0.15) is 34.6 Å². The van der Waals surface area contributed by atoms with Crippen molar-refractivity contribution in [2.75, 3.05) is 39.5 Å². The summed E-state index contributed by atoms with van der Waals surface area (Å²) in [7, 11) is -1.10. The molecule has 0 saturated carbocycles. The van der Waals surface area contributed by atoms with Crippen LogP contribution in [0.4, 0.5) is 0 Å². The average molecular weight is 305 g/mol. The molecular weight excluding hydrogens is 274 g/mol. The maximum absolute atomic E-state index is 12.1. The molecule has 1 unspecified atom stereocenters. The fraction of sp³-hybridized carbons (Fsp3) is 1.00. The lowest BCUT2D eigenvalue weighted by molar-refractivity contribution is 0.0437. The summed E-state index contributed by atoms with van der Waals surface area (Å²) in [6.07, 6.45) is 1.31. The van der Waals surface area contributed by atoms with E-state index in [-0.39, 0.29) is 11.6 Å². The molecular formula is C14H31N3O2S. The van der Waals surface area contributed by atoms with E-state index in [0.717, 1.165) is 19.6 Å². The Balaban J connectivity index is 2.95. The lowest BCUT2D eigenvalue weighted by Crippen LogP contribution is -2.60. The average Bonchev–Trinajstić information content (AvgIpc) is 2.22. The maximum Gasteiger partial charge on any atom is 0.211 e. The third-order valence-corrected chi connectivity index (χ3v) is 5.42. The van der Waals surface area contributed by atoms with Crippen LogP contribution in [0, 0.1) is 0 Å². The van der Waals surface area contributed by atoms with E-state index in [1.807, 2.05) is 20.8 Å². The Bertz CT molecular complexity index is 415. The van der Waals surface area contributed by atoms with Gasteiger partial charge in [0, 0.05) is 43.8 Å². The van der Waals surface area contributed by atoms with E-state index in [4.69, 9.17) is 0 Å². The molecule has 1 atom stereocenters. The number of rotatable bonds is 4. The van der Waals surface area contributed by atoms with Crippen molar-refractivity contribution in [3.8, 4) is 0 Å². The second-order valence-corrected chi connectivity index (χ2v) is 9.12. The van der Waals surface area contributed by atoms with Crippen LogP contribution < -0.4 is 0 Å². The molecule has 0 bridgehead atoms. The Morgan fingerprint density at radius 2 is 1.80 bits per heavy atom. The van der Waals surface area contributed by atoms with Crippen molar-refractivity contribution in [1.29, 1.82) is 0 Å². The Kier molecular flexibility index (Phi) is 5.63. The molecule has 1 rings (SSSR count). The van der Waals surface area contributed by atoms with Gasteiger partial charge in [-0.2, -0.15) is 4.31 Å². The zero-order valence-electron chi connectivity index (χ0n) is 14.0. The Morgan fingerprint density at radius 1 is 1.25 bits per heavy atom. The van der Waals surface area contributed by atoms with Crippen LogP contribution in [0.5, 0.6) is 0 Å². The molecule has 6 heteroatoms. The molecule has 0 radical (unpaired) electrons. The summed E-state index contributed by atoms with van der Waals surface area (Å²) in [5.41, 5.74) is -0.383. The summed E-state index contributed by atoms with van der Waals surface area (Å²) in [4.78, 5) is 4.70. The minimum atomic E-state index is -3.20. The molecule has 120 valence electrons. The molecule has 0 aromatic rings. The molecule has 0 aliphatic carbocycles. The first-order chi connectivity index (χ1) is 8.93. The van der Waals surface area contributed by atoms with E-state index < -0.39 is 10.0 Å². The van der Waals surface area contributed by atoms with Gasteiger partial charge in [0.15, 0.2) is 0 Å². The van der Waals surface area contributed by atoms with Gasteiger partial charge < -0.3 is 4.90 Å². The number of hydrogen-bond donors (Lipinski definition) is 0. The molecule has 0 N–H and O–H groups in total. The first-order valence-electron chi connectivity index (χ1n) is 7.35. The topological polar surface area (TPSA) is 43.9 Å². The SMILES string of the molecule is CC(C)N1CCN(C)CC1CN(C(C)(C)C)S(C)(=O)=O. The fourth-order valence-corrected chi connectivity index (χ4v) is 4.40. The largest absolute Gasteiger partial charge is 0.303 e. The zero-order valence-corrected chi connectivity index (χ0v) is 14.9. The molecule has 1 saturated heterocycles. The van der Waals surface area contributed by atoms with Crippen LogP contribution in [-0.2, 0) is 10.0 Å². The maximum atomic E-state index is 12.1. The minimum Gasteiger partial charge on any atom is -0.303 e. The molecule has 0 amide bonds. The molecule has 1 fully saturated rings. The van der Waals surface area contributed by atoms with Crippen LogP contribution in [0.3, 0.4) is 0 Å². The van der Waals surface area contributed by atoms with Gasteiger partial charge in [0.25, 0.3) is 0 Å². The summed E-state index contributed by atoms with van der Waals surface area (Å²) in [6, 6.07) is 0.692. The van der Waals surface area contributed by atoms with Crippen molar-refractivity contribution in [3.63, 3.8) is 0 Å². The second-order valence-electron chi connectivity index (χ2n) is 7.21. The lowest BCUT2D eigenvalue weighted by atomic mass is 10.1. The Morgan fingerprint density at radius 3 is 2.20 bits per heavy atom. The van der Waals surface area contributed by atoms with Crippen molar-refractivity contribution in [2.24, 2.45) is 0 Å². The monoisotopic (exact) mass is 305 g/mol. The van der Waals surface area contributed by atoms with Crippen molar-refractivity contribution < 1.29 is 8.42 Å². The second kappa shape index (κ2) is 6.30. The molecule has 0 spiro atoms. The van der Waals surface area contributed by atoms with Crippen LogP contribution in [0.15, 0.2) is 0 Å². The summed E-state index contributed by atoms with van der Waals surface area (Å²) < 4.78 is 25.8. The molecule has 1 aliphatic rings. The number of sulfonamides is 1. The number of piperazine rings is 1. The summed E-state index contributed by atoms with van der Waals surface area (Å²) >= 11 is 0. The van der Waals surface area contributed by atoms with Gasteiger partial charge in [0.1, 0.15) is 0 Å². The van der Waals surface area contributed by atoms with Gasteiger partial charge in [-0.3, -0.25) is 4.90 Å². The molecule has 5 nitrogen and oxygen atoms in total. The summed E-state index contributed by atoms with van der Waals surface area (Å²) in [5.74, 6) is 0. The molecule has 1 aliphatic heterocycles. The lowest BCUT2D eigenvalue weighted by Gasteiger charge is -2.45. The zero-order chi connectivity index (χ0) is 15.7. The van der Waals surface area contributed by atoms with Crippen LogP contribution in [-0.4, -0.2) is 79.6 Å². The van der Waals surface area contributed by atoms with Gasteiger partial charge in [-0.25, -0.2) is 8.42 Å². The van der Waals surface area contributed by atoms with Crippen LogP contribution in [0.2, 0.25) is 0 Å². The van der Waals surface area contributed by atoms with Crippen LogP contribution in [0.25, 0.3) is 0 Å². The van der Waals surface area contributed by atoms with Gasteiger partial charge in [-0.15, -0.1) is 0 Å². The number of hydrogen-bond acceptors (Lipinski definition) is 4. The normalized spacial score (nSPS) is 23.8. The first-order valence-corrected chi connectivity index (χ1v) is 9.20. The van der Waals surface area contributed by atoms with Crippen molar-refractivity contribution in [1.82, 2.24) is 14.1 Å². The smallest absolute Gasteiger partial charge is 0.211 e. The quantitative estimate of drug-likeness (QED) is 0.779. The first kappa shape index (κ1) is 17.9. The van der Waals surface area contributed by atoms with Crippen molar-refractivity contribution >= 4 is 10.0 Å². The Hall–Kier alpha value is -0.170. The summed E-state index contributed by atoms with van der Waals surface area (Å²) in [6.45, 7) is 13.8. The van der Waals surface area contributed by atoms with E-state index in [0.29, 0.717) is 12.6 Å². The van der Waals surface area contributed by atoms with E-state index in [1.54, 1.807) is 4.31 Å². The standard InChI is InChI=1S/C14H31N3O2S/c1-12(2)16-9-8-15(6)10-13(16)11-17(14(3,4)5)20(7,18)19/h12-13H,8-11H2,1-7H3. The third kappa shape index (κ3) is 4.69. The predicted molar refractivity (Wildman–Crippen MR) is 84.4 cm³/mol.